The molecule has 0 fully saturated rings. The van der Waals surface area contributed by atoms with E-state index in [2.05, 4.69) is 15.0 Å². The molecule has 0 aliphatic carbocycles. The summed E-state index contributed by atoms with van der Waals surface area (Å²) < 4.78 is 0. The molecule has 0 aliphatic rings. The Balaban J connectivity index is 2.59. The topological polar surface area (TPSA) is 78.8 Å². The summed E-state index contributed by atoms with van der Waals surface area (Å²) in [6.07, 6.45) is 2.96. The molecule has 3 aromatic rings. The Hall–Kier alpha value is -2.56. The maximum atomic E-state index is 11.0. The summed E-state index contributed by atoms with van der Waals surface area (Å²) in [7, 11) is 0. The molecule has 0 radical (unpaired) electrons. The highest BCUT2D eigenvalue weighted by Crippen LogP contribution is 2.22. The van der Waals surface area contributed by atoms with Crippen LogP contribution in [0.15, 0.2) is 36.7 Å². The van der Waals surface area contributed by atoms with Crippen LogP contribution in [0.2, 0.25) is 0 Å². The summed E-state index contributed by atoms with van der Waals surface area (Å²) in [4.78, 5) is 23.2. The van der Waals surface area contributed by atoms with Gasteiger partial charge < -0.3 is 9.90 Å². The van der Waals surface area contributed by atoms with Gasteiger partial charge in [0.15, 0.2) is 0 Å². The third-order valence-electron chi connectivity index (χ3n) is 2.51. The van der Waals surface area contributed by atoms with Crippen LogP contribution in [0.1, 0.15) is 10.5 Å². The zero-order valence-corrected chi connectivity index (χ0v) is 8.62. The van der Waals surface area contributed by atoms with Gasteiger partial charge in [-0.3, -0.25) is 9.97 Å². The lowest BCUT2D eigenvalue weighted by Crippen LogP contribution is -2.24. The van der Waals surface area contributed by atoms with Crippen molar-refractivity contribution in [1.29, 1.82) is 0 Å². The molecule has 2 heterocycles. The minimum atomic E-state index is -1.35. The quantitative estimate of drug-likeness (QED) is 0.564. The van der Waals surface area contributed by atoms with Crippen molar-refractivity contribution in [2.24, 2.45) is 0 Å². The van der Waals surface area contributed by atoms with Gasteiger partial charge in [-0.2, -0.15) is 0 Å². The second kappa shape index (κ2) is 3.48. The average molecular weight is 224 g/mol. The van der Waals surface area contributed by atoms with E-state index in [1.165, 1.54) is 12.4 Å². The van der Waals surface area contributed by atoms with Crippen molar-refractivity contribution in [2.75, 3.05) is 0 Å². The number of benzene rings is 1. The van der Waals surface area contributed by atoms with Crippen LogP contribution in [-0.2, 0) is 0 Å². The van der Waals surface area contributed by atoms with Gasteiger partial charge in [0.2, 0.25) is 0 Å². The monoisotopic (exact) mass is 224 g/mol. The zero-order valence-electron chi connectivity index (χ0n) is 8.62. The fourth-order valence-electron chi connectivity index (χ4n) is 1.80. The van der Waals surface area contributed by atoms with Crippen molar-refractivity contribution in [2.45, 2.75) is 0 Å². The van der Waals surface area contributed by atoms with Gasteiger partial charge in [-0.1, -0.05) is 18.2 Å². The van der Waals surface area contributed by atoms with Crippen LogP contribution in [-0.4, -0.2) is 20.9 Å². The molecule has 0 unspecified atom stereocenters. The van der Waals surface area contributed by atoms with Crippen LogP contribution in [0.25, 0.3) is 21.9 Å². The molecule has 1 aromatic carbocycles. The molecule has 0 saturated heterocycles. The van der Waals surface area contributed by atoms with Gasteiger partial charge in [0.25, 0.3) is 0 Å². The van der Waals surface area contributed by atoms with Crippen LogP contribution < -0.4 is 5.11 Å². The van der Waals surface area contributed by atoms with E-state index in [0.717, 1.165) is 5.39 Å². The molecule has 5 nitrogen and oxygen atoms in total. The molecule has 5 heteroatoms. The number of para-hydroxylation sites is 1. The number of aromatic nitrogens is 3. The smallest absolute Gasteiger partial charge is 0.117 e. The van der Waals surface area contributed by atoms with Crippen LogP contribution >= 0.6 is 0 Å². The van der Waals surface area contributed by atoms with Crippen LogP contribution in [0.3, 0.4) is 0 Å². The maximum absolute atomic E-state index is 11.0. The molecule has 0 amide bonds. The first kappa shape index (κ1) is 9.65. The molecule has 0 bridgehead atoms. The zero-order chi connectivity index (χ0) is 11.8. The van der Waals surface area contributed by atoms with E-state index >= 15 is 0 Å². The number of hydrogen-bond acceptors (Lipinski definition) is 5. The second-order valence-corrected chi connectivity index (χ2v) is 3.52. The summed E-state index contributed by atoms with van der Waals surface area (Å²) in [5.41, 5.74) is 1.18. The lowest BCUT2D eigenvalue weighted by molar-refractivity contribution is -0.255. The number of hydrogen-bond donors (Lipinski definition) is 0. The average Bonchev–Trinajstić information content (AvgIpc) is 2.37. The van der Waals surface area contributed by atoms with Gasteiger partial charge >= 0.3 is 0 Å². The molecular weight excluding hydrogens is 218 g/mol. The van der Waals surface area contributed by atoms with E-state index in [0.29, 0.717) is 11.0 Å². The molecule has 0 spiro atoms. The molecule has 3 rings (SSSR count). The van der Waals surface area contributed by atoms with E-state index in [1.54, 1.807) is 12.1 Å². The van der Waals surface area contributed by atoms with Crippen molar-refractivity contribution in [3.8, 4) is 0 Å². The van der Waals surface area contributed by atoms with Crippen LogP contribution in [0.5, 0.6) is 0 Å². The number of fused-ring (bicyclic) bond motifs is 3. The number of pyridine rings is 1. The molecule has 0 saturated carbocycles. The molecule has 17 heavy (non-hydrogen) atoms. The Bertz CT molecular complexity index is 740. The minimum absolute atomic E-state index is 0.174. The first-order chi connectivity index (χ1) is 8.27. The number of nitrogens with zero attached hydrogens (tertiary/aromatic N) is 3. The molecule has 82 valence electrons. The standard InChI is InChI=1S/C12H7N3O2/c16-12(17)11-10-9(13-5-6-14-10)7-3-1-2-4-8(7)15-11/h1-6H,(H,16,17)/p-1. The van der Waals surface area contributed by atoms with E-state index < -0.39 is 5.97 Å². The Morgan fingerprint density at radius 1 is 1.06 bits per heavy atom. The van der Waals surface area contributed by atoms with Crippen LogP contribution in [0.4, 0.5) is 0 Å². The fourth-order valence-corrected chi connectivity index (χ4v) is 1.80. The third kappa shape index (κ3) is 1.40. The molecule has 0 atom stereocenters. The summed E-state index contributed by atoms with van der Waals surface area (Å²) >= 11 is 0. The summed E-state index contributed by atoms with van der Waals surface area (Å²) in [6.45, 7) is 0. The largest absolute Gasteiger partial charge is 0.543 e. The van der Waals surface area contributed by atoms with Crippen molar-refractivity contribution in [1.82, 2.24) is 15.0 Å². The van der Waals surface area contributed by atoms with Gasteiger partial charge in [0, 0.05) is 17.8 Å². The molecule has 2 aromatic heterocycles. The Labute approximate surface area is 95.8 Å². The lowest BCUT2D eigenvalue weighted by atomic mass is 10.1. The summed E-state index contributed by atoms with van der Waals surface area (Å²) in [5, 5.41) is 11.8. The SMILES string of the molecule is O=C([O-])c1nc2ccccc2c2nccnc12. The first-order valence-corrected chi connectivity index (χ1v) is 4.98. The summed E-state index contributed by atoms with van der Waals surface area (Å²) in [5.74, 6) is -1.35. The molecule has 0 aliphatic heterocycles. The van der Waals surface area contributed by atoms with Gasteiger partial charge in [0.1, 0.15) is 16.7 Å². The number of carbonyl (C=O) groups is 1. The number of carbonyl (C=O) groups excluding carboxylic acids is 1. The van der Waals surface area contributed by atoms with Crippen molar-refractivity contribution >= 4 is 27.9 Å². The lowest BCUT2D eigenvalue weighted by Gasteiger charge is -2.07. The van der Waals surface area contributed by atoms with E-state index in [9.17, 15) is 9.90 Å². The Morgan fingerprint density at radius 2 is 1.76 bits per heavy atom. The van der Waals surface area contributed by atoms with Gasteiger partial charge in [-0.25, -0.2) is 4.98 Å². The van der Waals surface area contributed by atoms with Crippen molar-refractivity contribution in [3.63, 3.8) is 0 Å². The second-order valence-electron chi connectivity index (χ2n) is 3.52. The first-order valence-electron chi connectivity index (χ1n) is 4.98. The van der Waals surface area contributed by atoms with Gasteiger partial charge in [-0.15, -0.1) is 0 Å². The number of aromatic carboxylic acids is 1. The van der Waals surface area contributed by atoms with Crippen molar-refractivity contribution < 1.29 is 9.90 Å². The predicted molar refractivity (Wildman–Crippen MR) is 59.2 cm³/mol. The predicted octanol–water partition coefficient (Wildman–Crippen LogP) is 0.541. The number of rotatable bonds is 1. The number of carboxylic acid groups (broad SMARTS) is 1. The highest BCUT2D eigenvalue weighted by Gasteiger charge is 2.10. The van der Waals surface area contributed by atoms with E-state index in [1.807, 2.05) is 12.1 Å². The third-order valence-corrected chi connectivity index (χ3v) is 2.51. The molecule has 0 N–H and O–H groups in total. The highest BCUT2D eigenvalue weighted by atomic mass is 16.4. The van der Waals surface area contributed by atoms with Gasteiger partial charge in [-0.05, 0) is 6.07 Å². The Kier molecular flexibility index (Phi) is 1.98. The fraction of sp³-hybridized carbons (Fsp3) is 0. The molecular formula is C12H6N3O2-. The van der Waals surface area contributed by atoms with Gasteiger partial charge in [0.05, 0.1) is 11.5 Å². The van der Waals surface area contributed by atoms with E-state index in [4.69, 9.17) is 0 Å². The maximum Gasteiger partial charge on any atom is 0.117 e. The number of carboxylic acids is 1. The summed E-state index contributed by atoms with van der Waals surface area (Å²) in [6, 6.07) is 7.20. The van der Waals surface area contributed by atoms with E-state index in [-0.39, 0.29) is 11.2 Å². The highest BCUT2D eigenvalue weighted by molar-refractivity contribution is 6.08. The van der Waals surface area contributed by atoms with Crippen molar-refractivity contribution in [3.05, 3.63) is 42.4 Å². The minimum Gasteiger partial charge on any atom is -0.543 e. The Morgan fingerprint density at radius 3 is 2.53 bits per heavy atom. The van der Waals surface area contributed by atoms with Crippen LogP contribution in [0, 0.1) is 0 Å². The normalized spacial score (nSPS) is 10.8.